The zero-order valence-corrected chi connectivity index (χ0v) is 12.4. The quantitative estimate of drug-likeness (QED) is 0.621. The average Bonchev–Trinajstić information content (AvgIpc) is 2.36. The second-order valence-corrected chi connectivity index (χ2v) is 6.26. The topological polar surface area (TPSA) is 83.5 Å². The molecule has 0 saturated carbocycles. The number of hydrogen-bond acceptors (Lipinski definition) is 3. The Balaban J connectivity index is 3.12. The van der Waals surface area contributed by atoms with E-state index in [-0.39, 0.29) is 27.6 Å². The summed E-state index contributed by atoms with van der Waals surface area (Å²) in [5.74, 6) is 1.18. The Morgan fingerprint density at radius 3 is 2.70 bits per heavy atom. The maximum Gasteiger partial charge on any atom is 0.336 e. The Labute approximate surface area is 123 Å². The lowest BCUT2D eigenvalue weighted by molar-refractivity contribution is 0.0696. The predicted octanol–water partition coefficient (Wildman–Crippen LogP) is 2.04. The Morgan fingerprint density at radius 2 is 2.15 bits per heavy atom. The lowest BCUT2D eigenvalue weighted by atomic mass is 10.1. The molecule has 0 spiro atoms. The monoisotopic (exact) mass is 315 g/mol. The van der Waals surface area contributed by atoms with E-state index in [1.165, 1.54) is 19.1 Å². The molecule has 1 rings (SSSR count). The van der Waals surface area contributed by atoms with Gasteiger partial charge in [0.1, 0.15) is 0 Å². The summed E-state index contributed by atoms with van der Waals surface area (Å²) < 4.78 is 26.6. The Bertz CT molecular complexity index is 662. The van der Waals surface area contributed by atoms with Crippen LogP contribution in [0.4, 0.5) is 0 Å². The molecular weight excluding hydrogens is 302 g/mol. The molecule has 0 heterocycles. The standard InChI is InChI=1S/C13H14ClNO4S/c1-3-4-5-6-15-20(18,19)12-8-10(14)7-11(9(12)2)13(16)17/h1,7-8,15H,4-6H2,2H3,(H,16,17). The molecule has 0 aliphatic rings. The number of sulfonamides is 1. The van der Waals surface area contributed by atoms with Gasteiger partial charge in [-0.1, -0.05) is 11.6 Å². The second kappa shape index (κ2) is 6.75. The third kappa shape index (κ3) is 3.97. The summed E-state index contributed by atoms with van der Waals surface area (Å²) in [4.78, 5) is 10.9. The average molecular weight is 316 g/mol. The molecule has 2 N–H and O–H groups in total. The normalized spacial score (nSPS) is 11.1. The number of carboxylic acids is 1. The highest BCUT2D eigenvalue weighted by Gasteiger charge is 2.21. The molecule has 20 heavy (non-hydrogen) atoms. The van der Waals surface area contributed by atoms with E-state index in [0.29, 0.717) is 12.8 Å². The van der Waals surface area contributed by atoms with Crippen molar-refractivity contribution in [3.8, 4) is 12.3 Å². The van der Waals surface area contributed by atoms with Gasteiger partial charge >= 0.3 is 5.97 Å². The number of carbonyl (C=O) groups is 1. The van der Waals surface area contributed by atoms with Crippen LogP contribution in [0.1, 0.15) is 28.8 Å². The van der Waals surface area contributed by atoms with Crippen LogP contribution >= 0.6 is 11.6 Å². The number of carboxylic acid groups (broad SMARTS) is 1. The van der Waals surface area contributed by atoms with Gasteiger partial charge in [-0.15, -0.1) is 12.3 Å². The van der Waals surface area contributed by atoms with E-state index in [4.69, 9.17) is 23.1 Å². The number of unbranched alkanes of at least 4 members (excludes halogenated alkanes) is 1. The van der Waals surface area contributed by atoms with Crippen molar-refractivity contribution in [2.75, 3.05) is 6.54 Å². The Morgan fingerprint density at radius 1 is 1.50 bits per heavy atom. The number of benzene rings is 1. The smallest absolute Gasteiger partial charge is 0.336 e. The largest absolute Gasteiger partial charge is 0.478 e. The maximum absolute atomic E-state index is 12.1. The number of hydrogen-bond donors (Lipinski definition) is 2. The van der Waals surface area contributed by atoms with Crippen LogP contribution in [0.15, 0.2) is 17.0 Å². The van der Waals surface area contributed by atoms with Gasteiger partial charge in [0.25, 0.3) is 0 Å². The fourth-order valence-corrected chi connectivity index (χ4v) is 3.28. The van der Waals surface area contributed by atoms with E-state index >= 15 is 0 Å². The van der Waals surface area contributed by atoms with Crippen molar-refractivity contribution in [2.24, 2.45) is 0 Å². The molecule has 5 nitrogen and oxygen atoms in total. The van der Waals surface area contributed by atoms with Crippen LogP contribution in [0.5, 0.6) is 0 Å². The predicted molar refractivity (Wildman–Crippen MR) is 76.4 cm³/mol. The third-order valence-electron chi connectivity index (χ3n) is 2.63. The van der Waals surface area contributed by atoms with E-state index in [2.05, 4.69) is 10.6 Å². The molecule has 0 saturated heterocycles. The summed E-state index contributed by atoms with van der Waals surface area (Å²) in [6.45, 7) is 1.61. The van der Waals surface area contributed by atoms with Gasteiger partial charge in [0.15, 0.2) is 0 Å². The van der Waals surface area contributed by atoms with E-state index < -0.39 is 16.0 Å². The molecule has 0 amide bonds. The molecule has 0 aliphatic carbocycles. The van der Waals surface area contributed by atoms with Crippen molar-refractivity contribution in [2.45, 2.75) is 24.7 Å². The first-order chi connectivity index (χ1) is 9.29. The molecule has 0 radical (unpaired) electrons. The molecule has 0 unspecified atom stereocenters. The van der Waals surface area contributed by atoms with Crippen LogP contribution in [0.3, 0.4) is 0 Å². The van der Waals surface area contributed by atoms with Crippen molar-refractivity contribution in [3.05, 3.63) is 28.3 Å². The fourth-order valence-electron chi connectivity index (χ4n) is 1.63. The van der Waals surface area contributed by atoms with Gasteiger partial charge in [-0.05, 0) is 31.0 Å². The first-order valence-electron chi connectivity index (χ1n) is 5.76. The van der Waals surface area contributed by atoms with Crippen molar-refractivity contribution >= 4 is 27.6 Å². The molecule has 0 atom stereocenters. The van der Waals surface area contributed by atoms with Crippen LogP contribution in [0.25, 0.3) is 0 Å². The molecule has 0 aromatic heterocycles. The molecular formula is C13H14ClNO4S. The van der Waals surface area contributed by atoms with E-state index in [1.54, 1.807) is 0 Å². The summed E-state index contributed by atoms with van der Waals surface area (Å²) in [6.07, 6.45) is 6.03. The van der Waals surface area contributed by atoms with Crippen molar-refractivity contribution < 1.29 is 18.3 Å². The second-order valence-electron chi connectivity index (χ2n) is 4.09. The Hall–Kier alpha value is -1.55. The maximum atomic E-state index is 12.1. The summed E-state index contributed by atoms with van der Waals surface area (Å²) in [5, 5.41) is 9.08. The number of halogens is 1. The van der Waals surface area contributed by atoms with Gasteiger partial charge in [-0.3, -0.25) is 0 Å². The van der Waals surface area contributed by atoms with E-state index in [1.807, 2.05) is 0 Å². The summed E-state index contributed by atoms with van der Waals surface area (Å²) in [5.41, 5.74) is 0.00727. The Kier molecular flexibility index (Phi) is 5.57. The highest BCUT2D eigenvalue weighted by atomic mass is 35.5. The van der Waals surface area contributed by atoms with Crippen molar-refractivity contribution in [1.29, 1.82) is 0 Å². The molecule has 0 bridgehead atoms. The highest BCUT2D eigenvalue weighted by Crippen LogP contribution is 2.24. The lowest BCUT2D eigenvalue weighted by Crippen LogP contribution is -2.26. The SMILES string of the molecule is C#CCCCNS(=O)(=O)c1cc(Cl)cc(C(=O)O)c1C. The lowest BCUT2D eigenvalue weighted by Gasteiger charge is -2.11. The first kappa shape index (κ1) is 16.5. The molecule has 7 heteroatoms. The van der Waals surface area contributed by atoms with Gasteiger partial charge in [-0.2, -0.15) is 0 Å². The summed E-state index contributed by atoms with van der Waals surface area (Å²) >= 11 is 5.77. The van der Waals surface area contributed by atoms with Crippen LogP contribution in [0, 0.1) is 19.3 Å². The van der Waals surface area contributed by atoms with Crippen LogP contribution in [0.2, 0.25) is 5.02 Å². The zero-order valence-electron chi connectivity index (χ0n) is 10.8. The number of nitrogens with one attached hydrogen (secondary N) is 1. The van der Waals surface area contributed by atoms with E-state index in [0.717, 1.165) is 0 Å². The van der Waals surface area contributed by atoms with Gasteiger partial charge in [0.05, 0.1) is 10.5 Å². The van der Waals surface area contributed by atoms with Crippen LogP contribution < -0.4 is 4.72 Å². The number of aromatic carboxylic acids is 1. The zero-order chi connectivity index (χ0) is 15.3. The van der Waals surface area contributed by atoms with Crippen LogP contribution in [-0.2, 0) is 10.0 Å². The minimum atomic E-state index is -3.82. The van der Waals surface area contributed by atoms with E-state index in [9.17, 15) is 13.2 Å². The molecule has 1 aromatic carbocycles. The third-order valence-corrected chi connectivity index (χ3v) is 4.44. The minimum absolute atomic E-state index is 0.0528. The minimum Gasteiger partial charge on any atom is -0.478 e. The van der Waals surface area contributed by atoms with Crippen molar-refractivity contribution in [1.82, 2.24) is 4.72 Å². The highest BCUT2D eigenvalue weighted by molar-refractivity contribution is 7.89. The van der Waals surface area contributed by atoms with Crippen LogP contribution in [-0.4, -0.2) is 26.0 Å². The molecule has 108 valence electrons. The number of rotatable bonds is 6. The molecule has 1 aromatic rings. The molecule has 0 fully saturated rings. The molecule has 0 aliphatic heterocycles. The fraction of sp³-hybridized carbons (Fsp3) is 0.308. The summed E-state index contributed by atoms with van der Waals surface area (Å²) in [6, 6.07) is 2.45. The van der Waals surface area contributed by atoms with Gasteiger partial charge in [0.2, 0.25) is 10.0 Å². The van der Waals surface area contributed by atoms with Gasteiger partial charge < -0.3 is 5.11 Å². The van der Waals surface area contributed by atoms with Crippen molar-refractivity contribution in [3.63, 3.8) is 0 Å². The number of terminal acetylenes is 1. The van der Waals surface area contributed by atoms with Gasteiger partial charge in [-0.25, -0.2) is 17.9 Å². The van der Waals surface area contributed by atoms with Gasteiger partial charge in [0, 0.05) is 18.0 Å². The summed E-state index contributed by atoms with van der Waals surface area (Å²) in [7, 11) is -3.82. The first-order valence-corrected chi connectivity index (χ1v) is 7.62.